The topological polar surface area (TPSA) is 20.2 Å². The molecule has 0 spiro atoms. The first-order valence-corrected chi connectivity index (χ1v) is 7.89. The van der Waals surface area contributed by atoms with Crippen LogP contribution < -0.4 is 0 Å². The Bertz CT molecular complexity index is 770. The van der Waals surface area contributed by atoms with E-state index in [4.69, 9.17) is 0 Å². The van der Waals surface area contributed by atoms with Crippen molar-refractivity contribution in [2.75, 3.05) is 0 Å². The van der Waals surface area contributed by atoms with E-state index >= 15 is 0 Å². The summed E-state index contributed by atoms with van der Waals surface area (Å²) in [5, 5.41) is 9.57. The van der Waals surface area contributed by atoms with Gasteiger partial charge in [-0.05, 0) is 28.8 Å². The van der Waals surface area contributed by atoms with Gasteiger partial charge in [0.05, 0.1) is 11.8 Å². The zero-order chi connectivity index (χ0) is 17.9. The van der Waals surface area contributed by atoms with E-state index in [9.17, 15) is 18.3 Å². The highest BCUT2D eigenvalue weighted by atomic mass is 19.4. The van der Waals surface area contributed by atoms with Gasteiger partial charge >= 0.3 is 6.18 Å². The van der Waals surface area contributed by atoms with Gasteiger partial charge in [-0.2, -0.15) is 13.2 Å². The molecule has 0 aliphatic rings. The number of rotatable bonds is 4. The second kappa shape index (κ2) is 6.63. The third-order valence-electron chi connectivity index (χ3n) is 4.36. The molecule has 3 rings (SSSR count). The lowest BCUT2D eigenvalue weighted by Gasteiger charge is -2.36. The first kappa shape index (κ1) is 17.1. The maximum Gasteiger partial charge on any atom is 0.390 e. The summed E-state index contributed by atoms with van der Waals surface area (Å²) in [7, 11) is 0. The smallest absolute Gasteiger partial charge is 0.390 e. The number of alkyl halides is 3. The Hall–Kier alpha value is -2.75. The molecule has 0 fully saturated rings. The summed E-state index contributed by atoms with van der Waals surface area (Å²) in [5.41, 5.74) is 0.225. The van der Waals surface area contributed by atoms with E-state index in [1.165, 1.54) is 12.1 Å². The molecule has 0 unspecified atom stereocenters. The number of aromatic hydroxyl groups is 1. The summed E-state index contributed by atoms with van der Waals surface area (Å²) in [4.78, 5) is 0. The molecule has 1 nitrogen and oxygen atoms in total. The fourth-order valence-electron chi connectivity index (χ4n) is 3.30. The molecule has 0 saturated heterocycles. The van der Waals surface area contributed by atoms with Gasteiger partial charge in [0.2, 0.25) is 0 Å². The van der Waals surface area contributed by atoms with Gasteiger partial charge in [0.25, 0.3) is 0 Å². The van der Waals surface area contributed by atoms with Gasteiger partial charge in [-0.3, -0.25) is 0 Å². The van der Waals surface area contributed by atoms with Crippen LogP contribution in [0.25, 0.3) is 0 Å². The third-order valence-corrected chi connectivity index (χ3v) is 4.36. The highest BCUT2D eigenvalue weighted by Gasteiger charge is 2.46. The zero-order valence-electron chi connectivity index (χ0n) is 13.4. The van der Waals surface area contributed by atoms with E-state index in [0.29, 0.717) is 16.7 Å². The van der Waals surface area contributed by atoms with Gasteiger partial charge in [-0.1, -0.05) is 72.8 Å². The van der Waals surface area contributed by atoms with Crippen LogP contribution in [0.15, 0.2) is 84.9 Å². The molecule has 0 atom stereocenters. The van der Waals surface area contributed by atoms with Crippen LogP contribution in [-0.2, 0) is 5.41 Å². The van der Waals surface area contributed by atoms with Crippen molar-refractivity contribution in [2.24, 2.45) is 0 Å². The molecular formula is C21H17F3O. The molecule has 0 radical (unpaired) electrons. The maximum absolute atomic E-state index is 13.6. The summed E-state index contributed by atoms with van der Waals surface area (Å²) >= 11 is 0. The molecule has 1 N–H and O–H groups in total. The number of phenolic OH excluding ortho intramolecular Hbond substituents is 1. The summed E-state index contributed by atoms with van der Waals surface area (Å²) in [5.74, 6) is 0.0192. The molecule has 3 aromatic carbocycles. The SMILES string of the molecule is Oc1ccc(C(CC(F)(F)F)(c2ccccc2)c2ccccc2)cc1. The van der Waals surface area contributed by atoms with E-state index in [0.717, 1.165) is 0 Å². The number of hydrogen-bond acceptors (Lipinski definition) is 1. The molecule has 0 heterocycles. The average molecular weight is 342 g/mol. The van der Waals surface area contributed by atoms with Crippen LogP contribution in [0.3, 0.4) is 0 Å². The Kier molecular flexibility index (Phi) is 4.53. The van der Waals surface area contributed by atoms with E-state index < -0.39 is 18.0 Å². The highest BCUT2D eigenvalue weighted by Crippen LogP contribution is 2.47. The molecule has 0 amide bonds. The van der Waals surface area contributed by atoms with Crippen LogP contribution in [0.4, 0.5) is 13.2 Å². The Morgan fingerprint density at radius 2 is 1.00 bits per heavy atom. The fourth-order valence-corrected chi connectivity index (χ4v) is 3.30. The van der Waals surface area contributed by atoms with Crippen molar-refractivity contribution in [1.82, 2.24) is 0 Å². The second-order valence-electron chi connectivity index (χ2n) is 5.98. The standard InChI is InChI=1S/C21H17F3O/c22-21(23,24)15-20(16-7-3-1-4-8-16,17-9-5-2-6-10-17)18-11-13-19(25)14-12-18/h1-14,25H,15H2. The molecule has 4 heteroatoms. The fraction of sp³-hybridized carbons (Fsp3) is 0.143. The van der Waals surface area contributed by atoms with Gasteiger partial charge in [0.15, 0.2) is 0 Å². The Morgan fingerprint density at radius 1 is 0.600 bits per heavy atom. The summed E-state index contributed by atoms with van der Waals surface area (Å²) < 4.78 is 40.9. The average Bonchev–Trinajstić information content (AvgIpc) is 2.61. The summed E-state index contributed by atoms with van der Waals surface area (Å²) in [6.45, 7) is 0. The third kappa shape index (κ3) is 3.53. The van der Waals surface area contributed by atoms with E-state index in [1.54, 1.807) is 72.8 Å². The van der Waals surface area contributed by atoms with E-state index in [2.05, 4.69) is 0 Å². The van der Waals surface area contributed by atoms with Crippen LogP contribution in [-0.4, -0.2) is 11.3 Å². The van der Waals surface area contributed by atoms with Crippen molar-refractivity contribution in [3.05, 3.63) is 102 Å². The van der Waals surface area contributed by atoms with Gasteiger partial charge in [0.1, 0.15) is 5.75 Å². The molecular weight excluding hydrogens is 325 g/mol. The van der Waals surface area contributed by atoms with Gasteiger partial charge in [-0.15, -0.1) is 0 Å². The molecule has 25 heavy (non-hydrogen) atoms. The minimum Gasteiger partial charge on any atom is -0.508 e. The van der Waals surface area contributed by atoms with Crippen molar-refractivity contribution in [1.29, 1.82) is 0 Å². The number of hydrogen-bond donors (Lipinski definition) is 1. The number of benzene rings is 3. The first-order chi connectivity index (χ1) is 11.9. The van der Waals surface area contributed by atoms with Crippen LogP contribution in [0.5, 0.6) is 5.75 Å². The molecule has 0 aliphatic carbocycles. The van der Waals surface area contributed by atoms with Gasteiger partial charge in [0, 0.05) is 0 Å². The van der Waals surface area contributed by atoms with Crippen LogP contribution >= 0.6 is 0 Å². The lowest BCUT2D eigenvalue weighted by atomic mass is 9.67. The predicted octanol–water partition coefficient (Wildman–Crippen LogP) is 5.68. The van der Waals surface area contributed by atoms with Crippen molar-refractivity contribution < 1.29 is 18.3 Å². The van der Waals surface area contributed by atoms with Crippen LogP contribution in [0, 0.1) is 0 Å². The molecule has 128 valence electrons. The van der Waals surface area contributed by atoms with E-state index in [1.807, 2.05) is 0 Å². The van der Waals surface area contributed by atoms with Gasteiger partial charge < -0.3 is 5.11 Å². The Morgan fingerprint density at radius 3 is 1.40 bits per heavy atom. The van der Waals surface area contributed by atoms with Crippen LogP contribution in [0.2, 0.25) is 0 Å². The molecule has 0 bridgehead atoms. The normalized spacial score (nSPS) is 12.1. The lowest BCUT2D eigenvalue weighted by Crippen LogP contribution is -2.35. The maximum atomic E-state index is 13.6. The Balaban J connectivity index is 2.33. The predicted molar refractivity (Wildman–Crippen MR) is 91.5 cm³/mol. The van der Waals surface area contributed by atoms with Gasteiger partial charge in [-0.25, -0.2) is 0 Å². The minimum atomic E-state index is -4.37. The second-order valence-corrected chi connectivity index (χ2v) is 5.98. The van der Waals surface area contributed by atoms with Crippen molar-refractivity contribution >= 4 is 0 Å². The number of phenols is 1. The molecule has 3 aromatic rings. The van der Waals surface area contributed by atoms with Crippen LogP contribution in [0.1, 0.15) is 23.1 Å². The van der Waals surface area contributed by atoms with Crippen molar-refractivity contribution in [2.45, 2.75) is 18.0 Å². The molecule has 0 aliphatic heterocycles. The molecule has 0 saturated carbocycles. The quantitative estimate of drug-likeness (QED) is 0.605. The largest absolute Gasteiger partial charge is 0.508 e. The summed E-state index contributed by atoms with van der Waals surface area (Å²) in [6.07, 6.45) is -5.40. The highest BCUT2D eigenvalue weighted by molar-refractivity contribution is 5.51. The van der Waals surface area contributed by atoms with E-state index in [-0.39, 0.29) is 5.75 Å². The lowest BCUT2D eigenvalue weighted by molar-refractivity contribution is -0.142. The van der Waals surface area contributed by atoms with Crippen molar-refractivity contribution in [3.63, 3.8) is 0 Å². The number of halogens is 3. The zero-order valence-corrected chi connectivity index (χ0v) is 13.4. The monoisotopic (exact) mass is 342 g/mol. The first-order valence-electron chi connectivity index (χ1n) is 7.89. The van der Waals surface area contributed by atoms with Crippen molar-refractivity contribution in [3.8, 4) is 5.75 Å². The minimum absolute atomic E-state index is 0.0192. The Labute approximate surface area is 144 Å². The molecule has 0 aromatic heterocycles. The summed E-state index contributed by atoms with van der Waals surface area (Å²) in [6, 6.07) is 23.3.